The normalized spacial score (nSPS) is 33.0. The van der Waals surface area contributed by atoms with E-state index in [0.717, 1.165) is 17.0 Å². The van der Waals surface area contributed by atoms with Crippen LogP contribution in [0.5, 0.6) is 0 Å². The van der Waals surface area contributed by atoms with E-state index in [1.807, 2.05) is 0 Å². The Morgan fingerprint density at radius 2 is 1.59 bits per heavy atom. The fourth-order valence-corrected chi connectivity index (χ4v) is 3.38. The van der Waals surface area contributed by atoms with Crippen LogP contribution in [0.2, 0.25) is 0 Å². The van der Waals surface area contributed by atoms with Crippen molar-refractivity contribution in [3.63, 3.8) is 0 Å². The molecule has 3 heterocycles. The van der Waals surface area contributed by atoms with Gasteiger partial charge in [0.05, 0.1) is 35.3 Å². The minimum Gasteiger partial charge on any atom is -0.365 e. The summed E-state index contributed by atoms with van der Waals surface area (Å²) in [5.74, 6) is -2.24. The first-order valence-electron chi connectivity index (χ1n) is 6.77. The Balaban J connectivity index is 1.73. The standard InChI is InChI=1S/C15H10F3NO3/c16-15(17,18)7-2-1-3-8(6-7)19-13(20)11-9-4-5-10(22-9)12(11)14(19)21/h1-6,9-12H/t9-,10-,11+,12+/m1/s1. The van der Waals surface area contributed by atoms with Crippen LogP contribution in [0.1, 0.15) is 5.56 Å². The van der Waals surface area contributed by atoms with E-state index in [-0.39, 0.29) is 5.69 Å². The van der Waals surface area contributed by atoms with Crippen molar-refractivity contribution in [2.75, 3.05) is 4.90 Å². The molecule has 0 spiro atoms. The van der Waals surface area contributed by atoms with Crippen molar-refractivity contribution in [3.05, 3.63) is 42.0 Å². The van der Waals surface area contributed by atoms with Gasteiger partial charge in [-0.3, -0.25) is 9.59 Å². The van der Waals surface area contributed by atoms with Crippen LogP contribution in [-0.4, -0.2) is 24.0 Å². The number of anilines is 1. The van der Waals surface area contributed by atoms with Gasteiger partial charge in [0.25, 0.3) is 0 Å². The molecule has 0 aromatic heterocycles. The van der Waals surface area contributed by atoms with Crippen LogP contribution in [0.3, 0.4) is 0 Å². The average Bonchev–Trinajstić information content (AvgIpc) is 3.12. The second kappa shape index (κ2) is 4.19. The monoisotopic (exact) mass is 309 g/mol. The smallest absolute Gasteiger partial charge is 0.365 e. The molecule has 0 N–H and O–H groups in total. The van der Waals surface area contributed by atoms with E-state index in [2.05, 4.69) is 0 Å². The largest absolute Gasteiger partial charge is 0.416 e. The van der Waals surface area contributed by atoms with Crippen molar-refractivity contribution < 1.29 is 27.5 Å². The summed E-state index contributed by atoms with van der Waals surface area (Å²) in [5.41, 5.74) is -0.932. The number of alkyl halides is 3. The molecule has 2 fully saturated rings. The molecule has 0 saturated carbocycles. The zero-order valence-corrected chi connectivity index (χ0v) is 11.1. The molecule has 3 aliphatic heterocycles. The molecule has 3 aliphatic rings. The summed E-state index contributed by atoms with van der Waals surface area (Å²) in [5, 5.41) is 0. The molecule has 2 bridgehead atoms. The molecule has 4 rings (SSSR count). The highest BCUT2D eigenvalue weighted by atomic mass is 19.4. The summed E-state index contributed by atoms with van der Waals surface area (Å²) >= 11 is 0. The topological polar surface area (TPSA) is 46.6 Å². The van der Waals surface area contributed by atoms with E-state index in [0.29, 0.717) is 0 Å². The summed E-state index contributed by atoms with van der Waals surface area (Å²) in [6, 6.07) is 4.26. The van der Waals surface area contributed by atoms with Crippen LogP contribution in [-0.2, 0) is 20.5 Å². The summed E-state index contributed by atoms with van der Waals surface area (Å²) in [6.07, 6.45) is -1.98. The van der Waals surface area contributed by atoms with Crippen LogP contribution in [0.25, 0.3) is 0 Å². The molecule has 0 radical (unpaired) electrons. The Hall–Kier alpha value is -2.15. The molecule has 0 unspecified atom stereocenters. The van der Waals surface area contributed by atoms with Gasteiger partial charge >= 0.3 is 6.18 Å². The molecular weight excluding hydrogens is 299 g/mol. The number of ether oxygens (including phenoxy) is 1. The van der Waals surface area contributed by atoms with E-state index in [4.69, 9.17) is 4.74 Å². The number of imide groups is 1. The predicted octanol–water partition coefficient (Wildman–Crippen LogP) is 2.15. The molecule has 2 saturated heterocycles. The number of benzene rings is 1. The predicted molar refractivity (Wildman–Crippen MR) is 68.7 cm³/mol. The zero-order valence-electron chi connectivity index (χ0n) is 11.1. The van der Waals surface area contributed by atoms with E-state index >= 15 is 0 Å². The lowest BCUT2D eigenvalue weighted by atomic mass is 9.85. The number of amides is 2. The summed E-state index contributed by atoms with van der Waals surface area (Å²) in [7, 11) is 0. The third kappa shape index (κ3) is 1.68. The minimum atomic E-state index is -4.53. The summed E-state index contributed by atoms with van der Waals surface area (Å²) in [6.45, 7) is 0. The second-order valence-corrected chi connectivity index (χ2v) is 5.56. The maximum absolute atomic E-state index is 12.8. The van der Waals surface area contributed by atoms with Crippen LogP contribution < -0.4 is 4.90 Å². The van der Waals surface area contributed by atoms with Gasteiger partial charge in [-0.25, -0.2) is 4.90 Å². The first kappa shape index (κ1) is 13.5. The first-order valence-corrected chi connectivity index (χ1v) is 6.77. The number of carbonyl (C=O) groups is 2. The van der Waals surface area contributed by atoms with Crippen LogP contribution in [0.15, 0.2) is 36.4 Å². The number of hydrogen-bond donors (Lipinski definition) is 0. The van der Waals surface area contributed by atoms with Gasteiger partial charge in [-0.2, -0.15) is 13.2 Å². The van der Waals surface area contributed by atoms with Gasteiger partial charge in [0.2, 0.25) is 11.8 Å². The number of fused-ring (bicyclic) bond motifs is 5. The number of rotatable bonds is 1. The summed E-state index contributed by atoms with van der Waals surface area (Å²) < 4.78 is 43.9. The lowest BCUT2D eigenvalue weighted by molar-refractivity contribution is -0.137. The fourth-order valence-electron chi connectivity index (χ4n) is 3.38. The molecule has 1 aromatic carbocycles. The fraction of sp³-hybridized carbons (Fsp3) is 0.333. The van der Waals surface area contributed by atoms with Gasteiger partial charge < -0.3 is 4.74 Å². The molecular formula is C15H10F3NO3. The lowest BCUT2D eigenvalue weighted by Crippen LogP contribution is -2.34. The molecule has 2 amide bonds. The molecule has 0 aliphatic carbocycles. The Morgan fingerprint density at radius 1 is 1.00 bits per heavy atom. The highest BCUT2D eigenvalue weighted by molar-refractivity contribution is 6.23. The minimum absolute atomic E-state index is 0.0429. The lowest BCUT2D eigenvalue weighted by Gasteiger charge is -2.18. The van der Waals surface area contributed by atoms with Crippen LogP contribution >= 0.6 is 0 Å². The quantitative estimate of drug-likeness (QED) is 0.590. The maximum atomic E-state index is 12.8. The molecule has 4 nitrogen and oxygen atoms in total. The van der Waals surface area contributed by atoms with Gasteiger partial charge in [0, 0.05) is 0 Å². The molecule has 1 aromatic rings. The van der Waals surface area contributed by atoms with Gasteiger partial charge in [-0.05, 0) is 18.2 Å². The van der Waals surface area contributed by atoms with Crippen LogP contribution in [0, 0.1) is 11.8 Å². The van der Waals surface area contributed by atoms with Crippen molar-refractivity contribution in [2.24, 2.45) is 11.8 Å². The van der Waals surface area contributed by atoms with Crippen LogP contribution in [0.4, 0.5) is 18.9 Å². The Morgan fingerprint density at radius 3 is 2.14 bits per heavy atom. The SMILES string of the molecule is O=C1[C@@H]2[C@@H](C(=O)N1c1cccc(C(F)(F)F)c1)[C@H]1C=C[C@H]2O1. The number of halogens is 3. The Kier molecular flexibility index (Phi) is 2.57. The highest BCUT2D eigenvalue weighted by Crippen LogP contribution is 2.46. The van der Waals surface area contributed by atoms with Crippen molar-refractivity contribution >= 4 is 17.5 Å². The molecule has 22 heavy (non-hydrogen) atoms. The molecule has 7 heteroatoms. The second-order valence-electron chi connectivity index (χ2n) is 5.56. The number of hydrogen-bond acceptors (Lipinski definition) is 3. The van der Waals surface area contributed by atoms with E-state index in [1.54, 1.807) is 12.2 Å². The van der Waals surface area contributed by atoms with Gasteiger partial charge in [-0.15, -0.1) is 0 Å². The highest BCUT2D eigenvalue weighted by Gasteiger charge is 2.61. The number of nitrogens with zero attached hydrogens (tertiary/aromatic N) is 1. The van der Waals surface area contributed by atoms with E-state index < -0.39 is 47.6 Å². The van der Waals surface area contributed by atoms with Crippen molar-refractivity contribution in [1.29, 1.82) is 0 Å². The van der Waals surface area contributed by atoms with Gasteiger partial charge in [0.1, 0.15) is 0 Å². The van der Waals surface area contributed by atoms with Crippen molar-refractivity contribution in [1.82, 2.24) is 0 Å². The molecule has 114 valence electrons. The van der Waals surface area contributed by atoms with E-state index in [1.165, 1.54) is 12.1 Å². The third-order valence-electron chi connectivity index (χ3n) is 4.34. The van der Waals surface area contributed by atoms with Gasteiger partial charge in [-0.1, -0.05) is 18.2 Å². The average molecular weight is 309 g/mol. The summed E-state index contributed by atoms with van der Waals surface area (Å²) in [4.78, 5) is 25.8. The van der Waals surface area contributed by atoms with Crippen molar-refractivity contribution in [3.8, 4) is 0 Å². The Labute approximate surface area is 123 Å². The Bertz CT molecular complexity index is 682. The van der Waals surface area contributed by atoms with Gasteiger partial charge in [0.15, 0.2) is 0 Å². The first-order chi connectivity index (χ1) is 10.4. The van der Waals surface area contributed by atoms with E-state index in [9.17, 15) is 22.8 Å². The van der Waals surface area contributed by atoms with Crippen molar-refractivity contribution in [2.45, 2.75) is 18.4 Å². The molecule has 4 atom stereocenters. The maximum Gasteiger partial charge on any atom is 0.416 e. The third-order valence-corrected chi connectivity index (χ3v) is 4.34. The number of carbonyl (C=O) groups excluding carboxylic acids is 2. The zero-order chi connectivity index (χ0) is 15.6.